The van der Waals surface area contributed by atoms with Gasteiger partial charge in [-0.1, -0.05) is 36.4 Å². The highest BCUT2D eigenvalue weighted by Crippen LogP contribution is 2.31. The molecule has 5 rings (SSSR count). The Balaban J connectivity index is 1.33. The van der Waals surface area contributed by atoms with E-state index in [2.05, 4.69) is 10.3 Å². The number of carbonyl (C=O) groups is 2. The number of fused-ring (bicyclic) bond motifs is 1. The number of benzene rings is 3. The smallest absolute Gasteiger partial charge is 0.410 e. The van der Waals surface area contributed by atoms with Crippen molar-refractivity contribution in [3.8, 4) is 11.1 Å². The topological polar surface area (TPSA) is 118 Å². The molecule has 1 saturated heterocycles. The number of rotatable bonds is 6. The first-order chi connectivity index (χ1) is 17.5. The maximum atomic E-state index is 13.1. The Morgan fingerprint density at radius 1 is 1.06 bits per heavy atom. The van der Waals surface area contributed by atoms with Crippen molar-refractivity contribution in [2.45, 2.75) is 25.5 Å². The van der Waals surface area contributed by atoms with Gasteiger partial charge in [-0.05, 0) is 59.2 Å². The first-order valence-electron chi connectivity index (χ1n) is 11.6. The van der Waals surface area contributed by atoms with Gasteiger partial charge >= 0.3 is 6.09 Å². The minimum atomic E-state index is -0.716. The molecule has 0 saturated carbocycles. The van der Waals surface area contributed by atoms with Gasteiger partial charge in [-0.2, -0.15) is 0 Å². The zero-order valence-electron chi connectivity index (χ0n) is 19.3. The van der Waals surface area contributed by atoms with Gasteiger partial charge in [0.1, 0.15) is 12.6 Å². The number of amides is 2. The summed E-state index contributed by atoms with van der Waals surface area (Å²) in [6.07, 6.45) is 2.41. The largest absolute Gasteiger partial charge is 0.445 e. The van der Waals surface area contributed by atoms with Crippen molar-refractivity contribution in [3.05, 3.63) is 94.7 Å². The Kier molecular flexibility index (Phi) is 6.36. The molecule has 182 valence electrons. The van der Waals surface area contributed by atoms with E-state index < -0.39 is 23.0 Å². The summed E-state index contributed by atoms with van der Waals surface area (Å²) < 4.78 is 5.41. The maximum Gasteiger partial charge on any atom is 0.410 e. The van der Waals surface area contributed by atoms with Gasteiger partial charge in [0, 0.05) is 36.1 Å². The van der Waals surface area contributed by atoms with Crippen molar-refractivity contribution in [2.75, 3.05) is 11.9 Å². The standard InChI is InChI=1S/C27H24N4O5/c32-26(25-7-4-12-30(25)27(33)36-17-18-5-2-1-3-6-18)29-22-14-21(15-23(16-22)31(34)35)19-8-9-24-20(13-19)10-11-28-24/h1-3,5-6,8-11,13-16,25,28H,4,7,12,17H2,(H,29,32)/t25-/m0/s1. The molecule has 1 aromatic heterocycles. The summed E-state index contributed by atoms with van der Waals surface area (Å²) in [6, 6.07) is 20.7. The number of nitro groups is 1. The third kappa shape index (κ3) is 4.90. The van der Waals surface area contributed by atoms with Gasteiger partial charge in [-0.15, -0.1) is 0 Å². The number of anilines is 1. The second-order valence-corrected chi connectivity index (χ2v) is 8.69. The second-order valence-electron chi connectivity index (χ2n) is 8.69. The molecule has 36 heavy (non-hydrogen) atoms. The number of H-pyrrole nitrogens is 1. The summed E-state index contributed by atoms with van der Waals surface area (Å²) in [5.74, 6) is -0.406. The van der Waals surface area contributed by atoms with Crippen LogP contribution in [0.25, 0.3) is 22.0 Å². The van der Waals surface area contributed by atoms with Gasteiger partial charge < -0.3 is 15.0 Å². The molecule has 0 bridgehead atoms. The highest BCUT2D eigenvalue weighted by atomic mass is 16.6. The Labute approximate surface area is 206 Å². The van der Waals surface area contributed by atoms with E-state index in [1.54, 1.807) is 6.07 Å². The van der Waals surface area contributed by atoms with Crippen LogP contribution in [0.5, 0.6) is 0 Å². The summed E-state index contributed by atoms with van der Waals surface area (Å²) in [4.78, 5) is 41.5. The predicted octanol–water partition coefficient (Wildman–Crippen LogP) is 5.48. The summed E-state index contributed by atoms with van der Waals surface area (Å²) >= 11 is 0. The SMILES string of the molecule is O=C(Nc1cc(-c2ccc3[nH]ccc3c2)cc([N+](=O)[O-])c1)[C@@H]1CCCN1C(=O)OCc1ccccc1. The minimum absolute atomic E-state index is 0.115. The number of nitrogens with zero attached hydrogens (tertiary/aromatic N) is 2. The van der Waals surface area contributed by atoms with Crippen molar-refractivity contribution in [3.63, 3.8) is 0 Å². The fourth-order valence-corrected chi connectivity index (χ4v) is 4.47. The van der Waals surface area contributed by atoms with Gasteiger partial charge in [0.15, 0.2) is 0 Å². The van der Waals surface area contributed by atoms with Crippen molar-refractivity contribution < 1.29 is 19.2 Å². The zero-order valence-corrected chi connectivity index (χ0v) is 19.3. The van der Waals surface area contributed by atoms with E-state index >= 15 is 0 Å². The molecule has 1 fully saturated rings. The van der Waals surface area contributed by atoms with Gasteiger partial charge in [-0.25, -0.2) is 4.79 Å². The van der Waals surface area contributed by atoms with E-state index in [0.717, 1.165) is 22.0 Å². The second kappa shape index (κ2) is 9.91. The molecule has 0 spiro atoms. The van der Waals surface area contributed by atoms with Crippen molar-refractivity contribution in [1.82, 2.24) is 9.88 Å². The molecular weight excluding hydrogens is 460 g/mol. The number of hydrogen-bond acceptors (Lipinski definition) is 5. The normalized spacial score (nSPS) is 15.1. The van der Waals surface area contributed by atoms with Crippen LogP contribution >= 0.6 is 0 Å². The Morgan fingerprint density at radius 2 is 1.89 bits per heavy atom. The molecule has 1 aliphatic rings. The molecule has 3 aromatic carbocycles. The van der Waals surface area contributed by atoms with Gasteiger partial charge in [0.05, 0.1) is 4.92 Å². The molecule has 2 N–H and O–H groups in total. The molecule has 4 aromatic rings. The minimum Gasteiger partial charge on any atom is -0.445 e. The van der Waals surface area contributed by atoms with Crippen molar-refractivity contribution >= 4 is 34.3 Å². The molecule has 2 amide bonds. The molecule has 2 heterocycles. The van der Waals surface area contributed by atoms with Gasteiger partial charge in [0.2, 0.25) is 5.91 Å². The monoisotopic (exact) mass is 484 g/mol. The van der Waals surface area contributed by atoms with Crippen molar-refractivity contribution in [2.24, 2.45) is 0 Å². The van der Waals surface area contributed by atoms with Gasteiger partial charge in [-0.3, -0.25) is 19.8 Å². The Hall–Kier alpha value is -4.66. The number of nitrogens with one attached hydrogen (secondary N) is 2. The lowest BCUT2D eigenvalue weighted by Gasteiger charge is -2.23. The fourth-order valence-electron chi connectivity index (χ4n) is 4.47. The summed E-state index contributed by atoms with van der Waals surface area (Å²) in [5.41, 5.74) is 3.36. The first kappa shape index (κ1) is 23.1. The van der Waals surface area contributed by atoms with Crippen LogP contribution in [-0.4, -0.2) is 39.4 Å². The third-order valence-corrected chi connectivity index (χ3v) is 6.28. The number of nitro benzene ring substituents is 1. The lowest BCUT2D eigenvalue weighted by atomic mass is 10.0. The van der Waals surface area contributed by atoms with Crippen molar-refractivity contribution in [1.29, 1.82) is 0 Å². The number of ether oxygens (including phenoxy) is 1. The summed E-state index contributed by atoms with van der Waals surface area (Å²) in [7, 11) is 0. The zero-order chi connectivity index (χ0) is 25.1. The molecule has 9 heteroatoms. The van der Waals surface area contributed by atoms with Crippen LogP contribution in [0, 0.1) is 10.1 Å². The highest BCUT2D eigenvalue weighted by Gasteiger charge is 2.35. The molecule has 0 radical (unpaired) electrons. The number of carbonyl (C=O) groups excluding carboxylic acids is 2. The third-order valence-electron chi connectivity index (χ3n) is 6.28. The average molecular weight is 485 g/mol. The van der Waals surface area contributed by atoms with E-state index in [1.807, 2.05) is 60.8 Å². The molecule has 1 aliphatic heterocycles. The molecular formula is C27H24N4O5. The Bertz CT molecular complexity index is 1430. The predicted molar refractivity (Wildman–Crippen MR) is 135 cm³/mol. The summed E-state index contributed by atoms with van der Waals surface area (Å²) in [6.45, 7) is 0.521. The van der Waals surface area contributed by atoms with Gasteiger partial charge in [0.25, 0.3) is 5.69 Å². The number of aromatic nitrogens is 1. The van der Waals surface area contributed by atoms with Crippen LogP contribution in [0.3, 0.4) is 0 Å². The number of non-ortho nitro benzene ring substituents is 1. The Morgan fingerprint density at radius 3 is 2.69 bits per heavy atom. The van der Waals surface area contributed by atoms with E-state index in [0.29, 0.717) is 30.6 Å². The lowest BCUT2D eigenvalue weighted by Crippen LogP contribution is -2.43. The lowest BCUT2D eigenvalue weighted by molar-refractivity contribution is -0.384. The van der Waals surface area contributed by atoms with Crippen LogP contribution < -0.4 is 5.32 Å². The fraction of sp³-hybridized carbons (Fsp3) is 0.185. The average Bonchev–Trinajstić information content (AvgIpc) is 3.57. The van der Waals surface area contributed by atoms with Crippen LogP contribution in [0.1, 0.15) is 18.4 Å². The number of hydrogen-bond donors (Lipinski definition) is 2. The van der Waals surface area contributed by atoms with Crippen LogP contribution in [0.2, 0.25) is 0 Å². The van der Waals surface area contributed by atoms with E-state index in [-0.39, 0.29) is 12.3 Å². The molecule has 9 nitrogen and oxygen atoms in total. The summed E-state index contributed by atoms with van der Waals surface area (Å²) in [5, 5.41) is 15.4. The first-order valence-corrected chi connectivity index (χ1v) is 11.6. The van der Waals surface area contributed by atoms with E-state index in [4.69, 9.17) is 4.74 Å². The van der Waals surface area contributed by atoms with E-state index in [9.17, 15) is 19.7 Å². The van der Waals surface area contributed by atoms with Crippen LogP contribution in [0.15, 0.2) is 79.0 Å². The quantitative estimate of drug-likeness (QED) is 0.277. The maximum absolute atomic E-state index is 13.1. The number of likely N-dealkylation sites (tertiary alicyclic amines) is 1. The highest BCUT2D eigenvalue weighted by molar-refractivity contribution is 5.98. The number of aromatic amines is 1. The van der Waals surface area contributed by atoms with Crippen LogP contribution in [-0.2, 0) is 16.1 Å². The molecule has 0 aliphatic carbocycles. The molecule has 0 unspecified atom stereocenters. The van der Waals surface area contributed by atoms with Crippen LogP contribution in [0.4, 0.5) is 16.2 Å². The molecule has 1 atom stereocenters. The van der Waals surface area contributed by atoms with E-state index in [1.165, 1.54) is 17.0 Å².